The molecule has 0 unspecified atom stereocenters. The molecule has 4 heterocycles. The molecule has 0 amide bonds. The molecule has 0 N–H and O–H groups in total. The number of aromatic nitrogens is 5. The van der Waals surface area contributed by atoms with Crippen molar-refractivity contribution in [3.8, 4) is 11.1 Å². The molecular weight excluding hydrogens is 492 g/mol. The SMILES string of the molecule is Cc1noc(C)c1-c1ccc2nc(C(=O)CCc3cncn3C)nc(N3CCOC[C@@H]3c3ccccc3)c2c1. The van der Waals surface area contributed by atoms with Crippen molar-refractivity contribution in [2.45, 2.75) is 32.7 Å². The Bertz CT molecular complexity index is 1620. The van der Waals surface area contributed by atoms with E-state index >= 15 is 0 Å². The summed E-state index contributed by atoms with van der Waals surface area (Å²) in [5.74, 6) is 1.61. The molecule has 1 aliphatic heterocycles. The first-order valence-corrected chi connectivity index (χ1v) is 13.1. The molecule has 1 fully saturated rings. The minimum Gasteiger partial charge on any atom is -0.377 e. The van der Waals surface area contributed by atoms with E-state index < -0.39 is 0 Å². The second kappa shape index (κ2) is 10.4. The van der Waals surface area contributed by atoms with Crippen LogP contribution < -0.4 is 4.90 Å². The number of hydrogen-bond donors (Lipinski definition) is 0. The van der Waals surface area contributed by atoms with Gasteiger partial charge in [0.25, 0.3) is 0 Å². The standard InChI is InChI=1S/C30H30N6O3/c1-19-28(20(2)39-34-19)22-9-11-25-24(15-22)30(36-13-14-38-17-26(36)21-7-5-4-6-8-21)33-29(32-25)27(37)12-10-23-16-31-18-35(23)3/h4-9,11,15-16,18,26H,10,12-14,17H2,1-3H3/t26-/m1/s1. The number of morpholine rings is 1. The second-order valence-electron chi connectivity index (χ2n) is 9.92. The Morgan fingerprint density at radius 3 is 2.69 bits per heavy atom. The summed E-state index contributed by atoms with van der Waals surface area (Å²) in [4.78, 5) is 29.5. The average Bonchev–Trinajstić information content (AvgIpc) is 3.54. The van der Waals surface area contributed by atoms with Crippen molar-refractivity contribution in [1.82, 2.24) is 24.7 Å². The molecule has 1 saturated heterocycles. The first-order chi connectivity index (χ1) is 19.0. The molecule has 0 saturated carbocycles. The molecule has 9 nitrogen and oxygen atoms in total. The van der Waals surface area contributed by atoms with Crippen LogP contribution in [0.3, 0.4) is 0 Å². The number of rotatable bonds is 7. The van der Waals surface area contributed by atoms with Crippen LogP contribution in [0.5, 0.6) is 0 Å². The molecule has 2 aromatic carbocycles. The Kier molecular flexibility index (Phi) is 6.66. The molecule has 0 bridgehead atoms. The molecule has 1 atom stereocenters. The molecule has 198 valence electrons. The van der Waals surface area contributed by atoms with Crippen LogP contribution in [0.2, 0.25) is 0 Å². The fourth-order valence-corrected chi connectivity index (χ4v) is 5.29. The number of aryl methyl sites for hydroxylation is 4. The highest BCUT2D eigenvalue weighted by molar-refractivity contribution is 5.99. The molecule has 6 rings (SSSR count). The van der Waals surface area contributed by atoms with Crippen LogP contribution in [-0.4, -0.2) is 50.2 Å². The lowest BCUT2D eigenvalue weighted by molar-refractivity contribution is 0.0936. The van der Waals surface area contributed by atoms with Crippen LogP contribution >= 0.6 is 0 Å². The monoisotopic (exact) mass is 522 g/mol. The van der Waals surface area contributed by atoms with Gasteiger partial charge in [0.2, 0.25) is 5.78 Å². The molecular formula is C30H30N6O3. The lowest BCUT2D eigenvalue weighted by Gasteiger charge is -2.37. The zero-order valence-electron chi connectivity index (χ0n) is 22.3. The summed E-state index contributed by atoms with van der Waals surface area (Å²) < 4.78 is 13.3. The maximum absolute atomic E-state index is 13.4. The fraction of sp³-hybridized carbons (Fsp3) is 0.300. The third kappa shape index (κ3) is 4.81. The number of carbonyl (C=O) groups excluding carboxylic acids is 1. The van der Waals surface area contributed by atoms with Gasteiger partial charge < -0.3 is 18.7 Å². The number of fused-ring (bicyclic) bond motifs is 1. The molecule has 1 aliphatic rings. The number of hydrogen-bond acceptors (Lipinski definition) is 8. The Morgan fingerprint density at radius 2 is 1.95 bits per heavy atom. The Morgan fingerprint density at radius 1 is 1.10 bits per heavy atom. The summed E-state index contributed by atoms with van der Waals surface area (Å²) >= 11 is 0. The van der Waals surface area contributed by atoms with Crippen LogP contribution in [0, 0.1) is 13.8 Å². The fourth-order valence-electron chi connectivity index (χ4n) is 5.29. The first kappa shape index (κ1) is 24.9. The average molecular weight is 523 g/mol. The number of Topliss-reactive ketones (excluding diaryl/α,β-unsaturated/α-hetero) is 1. The van der Waals surface area contributed by atoms with Gasteiger partial charge in [-0.3, -0.25) is 4.79 Å². The highest BCUT2D eigenvalue weighted by atomic mass is 16.5. The molecule has 3 aromatic heterocycles. The van der Waals surface area contributed by atoms with E-state index in [1.165, 1.54) is 0 Å². The zero-order chi connectivity index (χ0) is 26.9. The number of anilines is 1. The zero-order valence-corrected chi connectivity index (χ0v) is 22.3. The van der Waals surface area contributed by atoms with Gasteiger partial charge in [0.15, 0.2) is 5.82 Å². The van der Waals surface area contributed by atoms with E-state index in [2.05, 4.69) is 33.2 Å². The number of nitrogens with zero attached hydrogens (tertiary/aromatic N) is 6. The van der Waals surface area contributed by atoms with E-state index in [0.29, 0.717) is 32.6 Å². The Balaban J connectivity index is 1.46. The highest BCUT2D eigenvalue weighted by Crippen LogP contribution is 2.36. The summed E-state index contributed by atoms with van der Waals surface area (Å²) in [7, 11) is 1.93. The minimum atomic E-state index is -0.0985. The van der Waals surface area contributed by atoms with Gasteiger partial charge in [-0.2, -0.15) is 0 Å². The second-order valence-corrected chi connectivity index (χ2v) is 9.92. The van der Waals surface area contributed by atoms with Crippen LogP contribution in [0.1, 0.15) is 45.8 Å². The van der Waals surface area contributed by atoms with Gasteiger partial charge in [0, 0.05) is 42.9 Å². The summed E-state index contributed by atoms with van der Waals surface area (Å²) in [6.07, 6.45) is 4.39. The lowest BCUT2D eigenvalue weighted by atomic mass is 10.0. The van der Waals surface area contributed by atoms with Crippen molar-refractivity contribution in [1.29, 1.82) is 0 Å². The summed E-state index contributed by atoms with van der Waals surface area (Å²) in [6.45, 7) is 5.59. The quantitative estimate of drug-likeness (QED) is 0.275. The first-order valence-electron chi connectivity index (χ1n) is 13.1. The maximum atomic E-state index is 13.4. The summed E-state index contributed by atoms with van der Waals surface area (Å²) in [5, 5.41) is 5.01. The molecule has 9 heteroatoms. The van der Waals surface area contributed by atoms with Crippen molar-refractivity contribution in [3.05, 3.63) is 89.6 Å². The van der Waals surface area contributed by atoms with E-state index in [9.17, 15) is 4.79 Å². The van der Waals surface area contributed by atoms with E-state index in [1.54, 1.807) is 12.5 Å². The van der Waals surface area contributed by atoms with Gasteiger partial charge in [-0.1, -0.05) is 41.6 Å². The van der Waals surface area contributed by atoms with Gasteiger partial charge >= 0.3 is 0 Å². The van der Waals surface area contributed by atoms with Gasteiger partial charge in [0.05, 0.1) is 36.8 Å². The van der Waals surface area contributed by atoms with E-state index in [0.717, 1.165) is 50.6 Å². The number of ketones is 1. The van der Waals surface area contributed by atoms with Gasteiger partial charge in [-0.15, -0.1) is 0 Å². The summed E-state index contributed by atoms with van der Waals surface area (Å²) in [6, 6.07) is 16.3. The van der Waals surface area contributed by atoms with Crippen LogP contribution in [0.25, 0.3) is 22.0 Å². The number of imidazole rings is 1. The predicted molar refractivity (Wildman–Crippen MR) is 148 cm³/mol. The molecule has 0 radical (unpaired) electrons. The lowest BCUT2D eigenvalue weighted by Crippen LogP contribution is -2.40. The Labute approximate surface area is 226 Å². The topological polar surface area (TPSA) is 99.2 Å². The molecule has 5 aromatic rings. The third-order valence-electron chi connectivity index (χ3n) is 7.36. The number of benzene rings is 2. The largest absolute Gasteiger partial charge is 0.377 e. The van der Waals surface area contributed by atoms with Gasteiger partial charge in [-0.05, 0) is 43.5 Å². The third-order valence-corrected chi connectivity index (χ3v) is 7.36. The molecule has 0 spiro atoms. The van der Waals surface area contributed by atoms with Gasteiger partial charge in [0.1, 0.15) is 11.6 Å². The minimum absolute atomic E-state index is 0.0434. The van der Waals surface area contributed by atoms with Crippen molar-refractivity contribution in [2.24, 2.45) is 7.05 Å². The summed E-state index contributed by atoms with van der Waals surface area (Å²) in [5.41, 5.74) is 5.60. The van der Waals surface area contributed by atoms with Crippen molar-refractivity contribution >= 4 is 22.5 Å². The van der Waals surface area contributed by atoms with E-state index in [4.69, 9.17) is 19.2 Å². The Hall–Kier alpha value is -4.37. The molecule has 39 heavy (non-hydrogen) atoms. The highest BCUT2D eigenvalue weighted by Gasteiger charge is 2.29. The number of carbonyl (C=O) groups is 1. The maximum Gasteiger partial charge on any atom is 0.200 e. The van der Waals surface area contributed by atoms with E-state index in [1.807, 2.05) is 55.8 Å². The number of ether oxygens (including phenoxy) is 1. The predicted octanol–water partition coefficient (Wildman–Crippen LogP) is 5.03. The normalized spacial score (nSPS) is 15.7. The van der Waals surface area contributed by atoms with E-state index in [-0.39, 0.29) is 17.6 Å². The van der Waals surface area contributed by atoms with Crippen LogP contribution in [0.4, 0.5) is 5.82 Å². The van der Waals surface area contributed by atoms with Crippen molar-refractivity contribution in [2.75, 3.05) is 24.7 Å². The van der Waals surface area contributed by atoms with Crippen LogP contribution in [0.15, 0.2) is 65.6 Å². The smallest absolute Gasteiger partial charge is 0.200 e. The van der Waals surface area contributed by atoms with Crippen LogP contribution in [-0.2, 0) is 18.2 Å². The molecule has 0 aliphatic carbocycles. The van der Waals surface area contributed by atoms with Crippen molar-refractivity contribution < 1.29 is 14.1 Å². The van der Waals surface area contributed by atoms with Crippen molar-refractivity contribution in [3.63, 3.8) is 0 Å². The van der Waals surface area contributed by atoms with Gasteiger partial charge in [-0.25, -0.2) is 15.0 Å².